The van der Waals surface area contributed by atoms with Crippen LogP contribution in [0.1, 0.15) is 42.6 Å². The van der Waals surface area contributed by atoms with Gasteiger partial charge in [0.1, 0.15) is 0 Å². The van der Waals surface area contributed by atoms with Crippen LogP contribution in [0.15, 0.2) is 42.7 Å². The first kappa shape index (κ1) is 19.2. The third-order valence-corrected chi connectivity index (χ3v) is 5.01. The summed E-state index contributed by atoms with van der Waals surface area (Å²) in [7, 11) is 0. The summed E-state index contributed by atoms with van der Waals surface area (Å²) in [5, 5.41) is 0. The molecule has 1 fully saturated rings. The highest BCUT2D eigenvalue weighted by Gasteiger charge is 2.25. The average Bonchev–Trinajstić information content (AvgIpc) is 2.69. The predicted octanol–water partition coefficient (Wildman–Crippen LogP) is 3.73. The van der Waals surface area contributed by atoms with Gasteiger partial charge in [0.15, 0.2) is 5.78 Å². The number of Topliss-reactive ketones (excluding diaryl/α,β-unsaturated/α-hetero) is 1. The number of hydrogen-bond acceptors (Lipinski definition) is 5. The van der Waals surface area contributed by atoms with E-state index in [0.717, 1.165) is 49.2 Å². The molecule has 0 aliphatic carbocycles. The first-order chi connectivity index (χ1) is 13.1. The normalized spacial score (nSPS) is 15.5. The van der Waals surface area contributed by atoms with Crippen LogP contribution < -0.4 is 0 Å². The second-order valence-electron chi connectivity index (χ2n) is 7.02. The molecule has 0 radical (unpaired) electrons. The quantitative estimate of drug-likeness (QED) is 0.576. The molecule has 0 spiro atoms. The van der Waals surface area contributed by atoms with E-state index in [1.807, 2.05) is 43.6 Å². The fourth-order valence-corrected chi connectivity index (χ4v) is 3.49. The topological polar surface area (TPSA) is 59.5 Å². The number of hydrogen-bond donors (Lipinski definition) is 0. The monoisotopic (exact) mass is 366 g/mol. The van der Waals surface area contributed by atoms with E-state index in [0.29, 0.717) is 12.2 Å². The molecule has 5 nitrogen and oxygen atoms in total. The Labute approximate surface area is 160 Å². The summed E-state index contributed by atoms with van der Waals surface area (Å²) in [6, 6.07) is 9.77. The van der Waals surface area contributed by atoms with Gasteiger partial charge < -0.3 is 4.74 Å². The molecule has 5 heteroatoms. The molecule has 0 atom stereocenters. The van der Waals surface area contributed by atoms with Crippen molar-refractivity contribution in [3.05, 3.63) is 53.9 Å². The van der Waals surface area contributed by atoms with Crippen molar-refractivity contribution in [1.29, 1.82) is 0 Å². The number of nitrogens with zero attached hydrogens (tertiary/aromatic N) is 2. The summed E-state index contributed by atoms with van der Waals surface area (Å²) < 4.78 is 5.13. The number of pyridine rings is 1. The molecule has 1 saturated heterocycles. The minimum absolute atomic E-state index is 0.0278. The van der Waals surface area contributed by atoms with Gasteiger partial charge in [0.2, 0.25) is 0 Å². The summed E-state index contributed by atoms with van der Waals surface area (Å²) in [5.74, 6) is 0.0246. The number of ether oxygens (including phenoxy) is 1. The number of ketones is 1. The minimum Gasteiger partial charge on any atom is -0.466 e. The van der Waals surface area contributed by atoms with E-state index >= 15 is 0 Å². The van der Waals surface area contributed by atoms with Crippen molar-refractivity contribution in [2.75, 3.05) is 19.7 Å². The number of carbonyl (C=O) groups excluding carboxylic acids is 2. The molecule has 1 aliphatic rings. The molecule has 0 N–H and O–H groups in total. The molecule has 1 aromatic heterocycles. The van der Waals surface area contributed by atoms with Crippen LogP contribution in [0.3, 0.4) is 0 Å². The first-order valence-corrected chi connectivity index (χ1v) is 9.51. The fourth-order valence-electron chi connectivity index (χ4n) is 3.49. The van der Waals surface area contributed by atoms with Crippen LogP contribution in [0.25, 0.3) is 11.1 Å². The fraction of sp³-hybridized carbons (Fsp3) is 0.409. The SMILES string of the molecule is CCOC(=O)C1CCN(Cc2cncc(-c3cccc(C(C)=O)c3)c2)CC1. The van der Waals surface area contributed by atoms with Crippen molar-refractivity contribution in [2.24, 2.45) is 5.92 Å². The highest BCUT2D eigenvalue weighted by atomic mass is 16.5. The van der Waals surface area contributed by atoms with Crippen LogP contribution in [-0.4, -0.2) is 41.3 Å². The Morgan fingerprint density at radius 2 is 1.93 bits per heavy atom. The lowest BCUT2D eigenvalue weighted by molar-refractivity contribution is -0.149. The Morgan fingerprint density at radius 3 is 2.63 bits per heavy atom. The zero-order chi connectivity index (χ0) is 19.2. The van der Waals surface area contributed by atoms with E-state index in [2.05, 4.69) is 16.0 Å². The van der Waals surface area contributed by atoms with Gasteiger partial charge in [-0.2, -0.15) is 0 Å². The Bertz CT molecular complexity index is 811. The molecule has 27 heavy (non-hydrogen) atoms. The van der Waals surface area contributed by atoms with Gasteiger partial charge in [0, 0.05) is 30.1 Å². The van der Waals surface area contributed by atoms with Crippen molar-refractivity contribution in [2.45, 2.75) is 33.2 Å². The molecular weight excluding hydrogens is 340 g/mol. The summed E-state index contributed by atoms with van der Waals surface area (Å²) in [5.41, 5.74) is 3.85. The van der Waals surface area contributed by atoms with Gasteiger partial charge >= 0.3 is 5.97 Å². The van der Waals surface area contributed by atoms with Gasteiger partial charge in [-0.05, 0) is 63.0 Å². The zero-order valence-corrected chi connectivity index (χ0v) is 16.0. The number of likely N-dealkylation sites (tertiary alicyclic amines) is 1. The van der Waals surface area contributed by atoms with E-state index in [4.69, 9.17) is 4.74 Å². The minimum atomic E-state index is -0.0637. The lowest BCUT2D eigenvalue weighted by atomic mass is 9.96. The van der Waals surface area contributed by atoms with E-state index in [-0.39, 0.29) is 17.7 Å². The Hall–Kier alpha value is -2.53. The number of piperidine rings is 1. The van der Waals surface area contributed by atoms with Gasteiger partial charge in [-0.25, -0.2) is 0 Å². The highest BCUT2D eigenvalue weighted by Crippen LogP contribution is 2.23. The van der Waals surface area contributed by atoms with Crippen LogP contribution in [0.2, 0.25) is 0 Å². The number of aromatic nitrogens is 1. The second kappa shape index (κ2) is 8.91. The van der Waals surface area contributed by atoms with Crippen LogP contribution in [0.4, 0.5) is 0 Å². The van der Waals surface area contributed by atoms with Crippen molar-refractivity contribution >= 4 is 11.8 Å². The predicted molar refractivity (Wildman–Crippen MR) is 104 cm³/mol. The Balaban J connectivity index is 1.64. The van der Waals surface area contributed by atoms with Gasteiger partial charge in [-0.1, -0.05) is 18.2 Å². The molecule has 3 rings (SSSR count). The smallest absolute Gasteiger partial charge is 0.309 e. The van der Waals surface area contributed by atoms with Crippen molar-refractivity contribution in [3.63, 3.8) is 0 Å². The van der Waals surface area contributed by atoms with Crippen LogP contribution in [-0.2, 0) is 16.1 Å². The summed E-state index contributed by atoms with van der Waals surface area (Å²) in [4.78, 5) is 30.2. The molecule has 0 bridgehead atoms. The maximum absolute atomic E-state index is 11.9. The maximum atomic E-state index is 11.9. The van der Waals surface area contributed by atoms with Gasteiger partial charge in [-0.3, -0.25) is 19.5 Å². The van der Waals surface area contributed by atoms with Gasteiger partial charge in [0.05, 0.1) is 12.5 Å². The summed E-state index contributed by atoms with van der Waals surface area (Å²) in [6.45, 7) is 6.44. The third kappa shape index (κ3) is 5.01. The summed E-state index contributed by atoms with van der Waals surface area (Å²) in [6.07, 6.45) is 5.39. The molecule has 142 valence electrons. The molecule has 0 amide bonds. The van der Waals surface area contributed by atoms with Crippen molar-refractivity contribution < 1.29 is 14.3 Å². The van der Waals surface area contributed by atoms with Crippen molar-refractivity contribution in [1.82, 2.24) is 9.88 Å². The van der Waals surface area contributed by atoms with Gasteiger partial charge in [-0.15, -0.1) is 0 Å². The Kier molecular flexibility index (Phi) is 6.35. The number of rotatable bonds is 6. The molecule has 0 saturated carbocycles. The average molecular weight is 366 g/mol. The molecule has 2 heterocycles. The highest BCUT2D eigenvalue weighted by molar-refractivity contribution is 5.95. The standard InChI is InChI=1S/C22H26N2O3/c1-3-27-22(26)18-7-9-24(10-8-18)15-17-11-21(14-23-13-17)20-6-4-5-19(12-20)16(2)25/h4-6,11-14,18H,3,7-10,15H2,1-2H3. The van der Waals surface area contributed by atoms with E-state index in [9.17, 15) is 9.59 Å². The maximum Gasteiger partial charge on any atom is 0.309 e. The van der Waals surface area contributed by atoms with Crippen LogP contribution >= 0.6 is 0 Å². The largest absolute Gasteiger partial charge is 0.466 e. The second-order valence-corrected chi connectivity index (χ2v) is 7.02. The third-order valence-electron chi connectivity index (χ3n) is 5.01. The number of carbonyl (C=O) groups is 2. The van der Waals surface area contributed by atoms with E-state index < -0.39 is 0 Å². The molecule has 1 aliphatic heterocycles. The van der Waals surface area contributed by atoms with Crippen LogP contribution in [0.5, 0.6) is 0 Å². The van der Waals surface area contributed by atoms with Gasteiger partial charge in [0.25, 0.3) is 0 Å². The number of esters is 1. The lowest BCUT2D eigenvalue weighted by Crippen LogP contribution is -2.36. The van der Waals surface area contributed by atoms with E-state index in [1.54, 1.807) is 6.92 Å². The summed E-state index contributed by atoms with van der Waals surface area (Å²) >= 11 is 0. The number of benzene rings is 1. The molecule has 2 aromatic rings. The zero-order valence-electron chi connectivity index (χ0n) is 16.0. The molecular formula is C22H26N2O3. The lowest BCUT2D eigenvalue weighted by Gasteiger charge is -2.30. The van der Waals surface area contributed by atoms with Crippen molar-refractivity contribution in [3.8, 4) is 11.1 Å². The Morgan fingerprint density at radius 1 is 1.15 bits per heavy atom. The first-order valence-electron chi connectivity index (χ1n) is 9.51. The van der Waals surface area contributed by atoms with Crippen LogP contribution in [0, 0.1) is 5.92 Å². The molecule has 1 aromatic carbocycles. The van der Waals surface area contributed by atoms with E-state index in [1.165, 1.54) is 0 Å². The molecule has 0 unspecified atom stereocenters.